The number of amides is 1. The summed E-state index contributed by atoms with van der Waals surface area (Å²) in [7, 11) is -1.01. The van der Waals surface area contributed by atoms with E-state index in [1.165, 1.54) is 18.0 Å². The Morgan fingerprint density at radius 2 is 1.85 bits per heavy atom. The number of sulfonamides is 1. The summed E-state index contributed by atoms with van der Waals surface area (Å²) in [6.45, 7) is -0.0230. The molecule has 4 aromatic rings. The van der Waals surface area contributed by atoms with Crippen LogP contribution in [0.2, 0.25) is 5.02 Å². The molecule has 9 nitrogen and oxygen atoms in total. The summed E-state index contributed by atoms with van der Waals surface area (Å²) in [5.74, 6) is 1.24. The largest absolute Gasteiger partial charge is 0.497 e. The normalized spacial score (nSPS) is 13.2. The van der Waals surface area contributed by atoms with Crippen LogP contribution in [0.3, 0.4) is 0 Å². The van der Waals surface area contributed by atoms with Gasteiger partial charge in [-0.1, -0.05) is 48.0 Å². The van der Waals surface area contributed by atoms with E-state index in [2.05, 4.69) is 15.2 Å². The molecule has 1 aliphatic carbocycles. The summed E-state index contributed by atoms with van der Waals surface area (Å²) in [5, 5.41) is 4.59. The van der Waals surface area contributed by atoms with E-state index >= 15 is 0 Å². The van der Waals surface area contributed by atoms with Crippen LogP contribution in [-0.2, 0) is 27.8 Å². The number of nitrogens with one attached hydrogen (secondary N) is 2. The summed E-state index contributed by atoms with van der Waals surface area (Å²) >= 11 is 6.54. The fraction of sp³-hybridized carbons (Fsp3) is 0.241. The van der Waals surface area contributed by atoms with Crippen LogP contribution < -0.4 is 19.6 Å². The van der Waals surface area contributed by atoms with Crippen LogP contribution in [0.5, 0.6) is 11.5 Å². The number of nitrogens with zero attached hydrogens (tertiary/aromatic N) is 2. The zero-order valence-corrected chi connectivity index (χ0v) is 23.6. The highest BCUT2D eigenvalue weighted by Gasteiger charge is 2.26. The lowest BCUT2D eigenvalue weighted by Gasteiger charge is -2.18. The number of hydrogen-bond acceptors (Lipinski definition) is 6. The molecule has 0 unspecified atom stereocenters. The second-order valence-corrected chi connectivity index (χ2v) is 11.6. The van der Waals surface area contributed by atoms with Gasteiger partial charge in [0, 0.05) is 34.3 Å². The highest BCUT2D eigenvalue weighted by atomic mass is 35.5. The molecular weight excluding hydrogens is 552 g/mol. The van der Waals surface area contributed by atoms with E-state index in [0.717, 1.165) is 18.4 Å². The first kappa shape index (κ1) is 27.7. The summed E-state index contributed by atoms with van der Waals surface area (Å²) < 4.78 is 40.7. The van der Waals surface area contributed by atoms with Crippen molar-refractivity contribution in [2.45, 2.75) is 36.6 Å². The molecule has 0 spiro atoms. The quantitative estimate of drug-likeness (QED) is 0.261. The maximum atomic E-state index is 13.7. The number of halogens is 1. The molecule has 208 valence electrons. The molecule has 0 radical (unpaired) electrons. The highest BCUT2D eigenvalue weighted by Crippen LogP contribution is 2.39. The predicted molar refractivity (Wildman–Crippen MR) is 153 cm³/mol. The van der Waals surface area contributed by atoms with E-state index in [4.69, 9.17) is 21.1 Å². The summed E-state index contributed by atoms with van der Waals surface area (Å²) in [5.41, 5.74) is 5.84. The van der Waals surface area contributed by atoms with E-state index in [1.807, 2.05) is 6.20 Å². The van der Waals surface area contributed by atoms with E-state index < -0.39 is 10.0 Å². The number of rotatable bonds is 11. The van der Waals surface area contributed by atoms with Gasteiger partial charge < -0.3 is 9.47 Å². The van der Waals surface area contributed by atoms with Gasteiger partial charge in [0.25, 0.3) is 0 Å². The van der Waals surface area contributed by atoms with Crippen LogP contribution in [0.15, 0.2) is 78.0 Å². The minimum atomic E-state index is -4.06. The van der Waals surface area contributed by atoms with Gasteiger partial charge in [-0.05, 0) is 48.1 Å². The molecule has 1 aromatic heterocycles. The molecule has 1 amide bonds. The zero-order chi connectivity index (χ0) is 28.3. The lowest BCUT2D eigenvalue weighted by molar-refractivity contribution is -0.116. The van der Waals surface area contributed by atoms with Crippen molar-refractivity contribution in [1.82, 2.24) is 14.6 Å². The van der Waals surface area contributed by atoms with Crippen molar-refractivity contribution in [3.05, 3.63) is 94.8 Å². The molecule has 0 bridgehead atoms. The molecule has 1 aliphatic rings. The number of methoxy groups -OCH3 is 2. The maximum Gasteiger partial charge on any atom is 0.244 e. The van der Waals surface area contributed by atoms with Crippen LogP contribution >= 0.6 is 11.6 Å². The Balaban J connectivity index is 1.45. The lowest BCUT2D eigenvalue weighted by atomic mass is 9.97. The van der Waals surface area contributed by atoms with Gasteiger partial charge in [-0.3, -0.25) is 4.79 Å². The minimum Gasteiger partial charge on any atom is -0.497 e. The van der Waals surface area contributed by atoms with Crippen molar-refractivity contribution in [1.29, 1.82) is 0 Å². The van der Waals surface area contributed by atoms with Gasteiger partial charge in [-0.2, -0.15) is 9.89 Å². The van der Waals surface area contributed by atoms with Gasteiger partial charge in [0.05, 0.1) is 37.9 Å². The molecule has 1 saturated carbocycles. The van der Waals surface area contributed by atoms with Crippen LogP contribution in [-0.4, -0.2) is 38.4 Å². The SMILES string of the molecule is COc1ccc(CNS(=O)(=O)c2cccc(CC(=O)Nn3cc(C4CC4)cn3)c2-c2ccccc2Cl)c(OC)c1. The smallest absolute Gasteiger partial charge is 0.244 e. The van der Waals surface area contributed by atoms with Gasteiger partial charge in [-0.25, -0.2) is 18.6 Å². The third kappa shape index (κ3) is 6.14. The van der Waals surface area contributed by atoms with Crippen molar-refractivity contribution in [2.75, 3.05) is 19.6 Å². The molecule has 1 fully saturated rings. The first-order valence-corrected chi connectivity index (χ1v) is 14.6. The van der Waals surface area contributed by atoms with E-state index in [-0.39, 0.29) is 23.8 Å². The Morgan fingerprint density at radius 3 is 2.58 bits per heavy atom. The zero-order valence-electron chi connectivity index (χ0n) is 22.1. The van der Waals surface area contributed by atoms with Crippen molar-refractivity contribution in [2.24, 2.45) is 0 Å². The monoisotopic (exact) mass is 580 g/mol. The average Bonchev–Trinajstić information content (AvgIpc) is 3.70. The maximum absolute atomic E-state index is 13.7. The van der Waals surface area contributed by atoms with Gasteiger partial charge in [0.15, 0.2) is 0 Å². The molecule has 2 N–H and O–H groups in total. The molecule has 0 saturated heterocycles. The Bertz CT molecular complexity index is 1650. The second-order valence-electron chi connectivity index (χ2n) is 9.48. The summed E-state index contributed by atoms with van der Waals surface area (Å²) in [6, 6.07) is 16.9. The number of benzene rings is 3. The van der Waals surface area contributed by atoms with Crippen LogP contribution in [0.25, 0.3) is 11.1 Å². The number of aromatic nitrogens is 2. The van der Waals surface area contributed by atoms with Gasteiger partial charge >= 0.3 is 0 Å². The lowest BCUT2D eigenvalue weighted by Crippen LogP contribution is -2.26. The molecular formula is C29H29ClN4O5S. The Kier molecular flexibility index (Phi) is 8.11. The summed E-state index contributed by atoms with van der Waals surface area (Å²) in [6.07, 6.45) is 5.73. The summed E-state index contributed by atoms with van der Waals surface area (Å²) in [4.78, 5) is 14.5. The van der Waals surface area contributed by atoms with Gasteiger partial charge in [0.2, 0.25) is 15.9 Å². The molecule has 0 aliphatic heterocycles. The Morgan fingerprint density at radius 1 is 1.05 bits per heavy atom. The van der Waals surface area contributed by atoms with E-state index in [9.17, 15) is 13.2 Å². The van der Waals surface area contributed by atoms with Crippen LogP contribution in [0.1, 0.15) is 35.4 Å². The van der Waals surface area contributed by atoms with Gasteiger partial charge in [-0.15, -0.1) is 0 Å². The minimum absolute atomic E-state index is 0.00786. The number of hydrogen-bond donors (Lipinski definition) is 2. The first-order chi connectivity index (χ1) is 19.3. The standard InChI is InChI=1S/C29H29ClN4O5S/c1-38-23-13-12-21(26(15-23)39-2)17-32-40(36,37)27-9-5-6-20(29(27)24-7-3-4-8-25(24)30)14-28(35)33-34-18-22(16-31-34)19-10-11-19/h3-9,12-13,15-16,18-19,32H,10-11,14,17H2,1-2H3,(H,33,35). The van der Waals surface area contributed by atoms with Crippen molar-refractivity contribution in [3.8, 4) is 22.6 Å². The van der Waals surface area contributed by atoms with Crippen molar-refractivity contribution < 1.29 is 22.7 Å². The Hall–Kier alpha value is -3.86. The van der Waals surface area contributed by atoms with Crippen molar-refractivity contribution in [3.63, 3.8) is 0 Å². The fourth-order valence-corrected chi connectivity index (χ4v) is 6.03. The topological polar surface area (TPSA) is 112 Å². The first-order valence-electron chi connectivity index (χ1n) is 12.7. The second kappa shape index (κ2) is 11.7. The molecule has 11 heteroatoms. The molecule has 3 aromatic carbocycles. The third-order valence-electron chi connectivity index (χ3n) is 6.73. The fourth-order valence-electron chi connectivity index (χ4n) is 4.53. The molecule has 1 heterocycles. The molecule has 5 rings (SSSR count). The third-order valence-corrected chi connectivity index (χ3v) is 8.51. The number of carbonyl (C=O) groups excluding carboxylic acids is 1. The van der Waals surface area contributed by atoms with Crippen molar-refractivity contribution >= 4 is 27.5 Å². The number of carbonyl (C=O) groups is 1. The molecule has 40 heavy (non-hydrogen) atoms. The van der Waals surface area contributed by atoms with Crippen LogP contribution in [0, 0.1) is 0 Å². The van der Waals surface area contributed by atoms with E-state index in [1.54, 1.807) is 67.9 Å². The van der Waals surface area contributed by atoms with E-state index in [0.29, 0.717) is 44.7 Å². The average molecular weight is 581 g/mol. The van der Waals surface area contributed by atoms with Crippen LogP contribution in [0.4, 0.5) is 0 Å². The Labute approximate surface area is 238 Å². The van der Waals surface area contributed by atoms with Gasteiger partial charge in [0.1, 0.15) is 11.5 Å². The highest BCUT2D eigenvalue weighted by molar-refractivity contribution is 7.89. The number of ether oxygens (including phenoxy) is 2. The molecule has 0 atom stereocenters. The predicted octanol–water partition coefficient (Wildman–Crippen LogP) is 4.89.